The second-order valence-electron chi connectivity index (χ2n) is 14.4. The number of aromatic nitrogens is 4. The van der Waals surface area contributed by atoms with Gasteiger partial charge in [-0.1, -0.05) is 30.3 Å². The average Bonchev–Trinajstić information content (AvgIpc) is 3.68. The third kappa shape index (κ3) is 11.4. The zero-order chi connectivity index (χ0) is 38.0. The van der Waals surface area contributed by atoms with Crippen LogP contribution in [0.2, 0.25) is 0 Å². The molecule has 4 amide bonds. The van der Waals surface area contributed by atoms with Gasteiger partial charge in [-0.25, -0.2) is 4.79 Å². The zero-order valence-corrected chi connectivity index (χ0v) is 30.6. The van der Waals surface area contributed by atoms with Crippen LogP contribution in [0, 0.1) is 18.8 Å². The maximum atomic E-state index is 13.7. The van der Waals surface area contributed by atoms with E-state index in [1.54, 1.807) is 30.3 Å². The third-order valence-electron chi connectivity index (χ3n) is 9.26. The molecule has 53 heavy (non-hydrogen) atoms. The molecule has 3 aromatic carbocycles. The number of rotatable bonds is 14. The van der Waals surface area contributed by atoms with Gasteiger partial charge in [0, 0.05) is 42.2 Å². The Morgan fingerprint density at radius 3 is 2.25 bits per heavy atom. The van der Waals surface area contributed by atoms with Crippen molar-refractivity contribution in [1.29, 1.82) is 0 Å². The summed E-state index contributed by atoms with van der Waals surface area (Å²) in [6, 6.07) is 19.6. The number of ether oxygens (including phenoxy) is 1. The number of tetrazole rings is 1. The zero-order valence-electron chi connectivity index (χ0n) is 30.6. The Hall–Kier alpha value is -5.63. The number of hydrogen-bond donors (Lipinski definition) is 6. The molecule has 0 bridgehead atoms. The van der Waals surface area contributed by atoms with Gasteiger partial charge in [0.25, 0.3) is 5.91 Å². The van der Waals surface area contributed by atoms with Crippen molar-refractivity contribution >= 4 is 29.5 Å². The number of nitrogens with one attached hydrogen (secondary N) is 5. The first-order valence-electron chi connectivity index (χ1n) is 17.9. The number of aryl methyl sites for hydroxylation is 1. The fourth-order valence-corrected chi connectivity index (χ4v) is 6.38. The van der Waals surface area contributed by atoms with Crippen molar-refractivity contribution in [1.82, 2.24) is 36.6 Å². The van der Waals surface area contributed by atoms with E-state index in [4.69, 9.17) is 9.84 Å². The van der Waals surface area contributed by atoms with Crippen LogP contribution in [0.3, 0.4) is 0 Å². The molecular formula is C39H48N8O6. The van der Waals surface area contributed by atoms with Gasteiger partial charge in [0.15, 0.2) is 0 Å². The van der Waals surface area contributed by atoms with Gasteiger partial charge in [-0.05, 0) is 123 Å². The summed E-state index contributed by atoms with van der Waals surface area (Å²) in [5.74, 6) is -0.375. The summed E-state index contributed by atoms with van der Waals surface area (Å²) in [6.45, 7) is 9.08. The van der Waals surface area contributed by atoms with E-state index < -0.39 is 12.1 Å². The van der Waals surface area contributed by atoms with Gasteiger partial charge in [-0.2, -0.15) is 5.21 Å². The van der Waals surface area contributed by atoms with E-state index in [1.165, 1.54) is 0 Å². The Kier molecular flexibility index (Phi) is 12.9. The predicted octanol–water partition coefficient (Wildman–Crippen LogP) is 5.13. The molecule has 0 radical (unpaired) electrons. The monoisotopic (exact) mass is 724 g/mol. The molecule has 1 heterocycles. The van der Waals surface area contributed by atoms with Crippen LogP contribution < -0.4 is 21.3 Å². The van der Waals surface area contributed by atoms with Crippen LogP contribution in [-0.2, 0) is 20.7 Å². The Labute approximate surface area is 308 Å². The highest BCUT2D eigenvalue weighted by Crippen LogP contribution is 2.29. The molecule has 0 unspecified atom stereocenters. The van der Waals surface area contributed by atoms with Crippen LogP contribution in [-0.4, -0.2) is 80.9 Å². The first-order valence-corrected chi connectivity index (χ1v) is 17.9. The van der Waals surface area contributed by atoms with Crippen molar-refractivity contribution < 1.29 is 29.0 Å². The highest BCUT2D eigenvalue weighted by molar-refractivity contribution is 5.98. The van der Waals surface area contributed by atoms with Crippen molar-refractivity contribution in [2.24, 2.45) is 11.8 Å². The summed E-state index contributed by atoms with van der Waals surface area (Å²) < 4.78 is 5.69. The lowest BCUT2D eigenvalue weighted by atomic mass is 9.81. The normalized spacial score (nSPS) is 16.3. The molecule has 14 nitrogen and oxygen atoms in total. The van der Waals surface area contributed by atoms with Gasteiger partial charge in [-0.3, -0.25) is 14.4 Å². The topological polar surface area (TPSA) is 200 Å². The molecule has 6 N–H and O–H groups in total. The van der Waals surface area contributed by atoms with Gasteiger partial charge >= 0.3 is 6.09 Å². The average molecular weight is 725 g/mol. The minimum atomic E-state index is -1.05. The summed E-state index contributed by atoms with van der Waals surface area (Å²) in [6.07, 6.45) is 1.88. The van der Waals surface area contributed by atoms with Crippen LogP contribution in [0.5, 0.6) is 0 Å². The molecule has 1 aromatic heterocycles. The molecule has 5 rings (SSSR count). The van der Waals surface area contributed by atoms with Gasteiger partial charge in [-0.15, -0.1) is 10.2 Å². The van der Waals surface area contributed by atoms with Gasteiger partial charge in [0.05, 0.1) is 12.2 Å². The number of H-pyrrole nitrogens is 1. The van der Waals surface area contributed by atoms with Gasteiger partial charge < -0.3 is 31.1 Å². The lowest BCUT2D eigenvalue weighted by molar-refractivity contribution is -0.130. The lowest BCUT2D eigenvalue weighted by Gasteiger charge is -2.29. The Morgan fingerprint density at radius 2 is 1.62 bits per heavy atom. The molecule has 4 aromatic rings. The van der Waals surface area contributed by atoms with E-state index >= 15 is 0 Å². The summed E-state index contributed by atoms with van der Waals surface area (Å²) in [5, 5.41) is 34.2. The standard InChI is InChI=1S/C39H48N8O6/c1-24-21-30(35(48)40-19-20-53-39(2,3)4)15-18-32(24)27-9-5-25(6-10-27)22-33(43-36(49)29-11-7-26(8-12-29)23-41-38(51)52)37(50)42-31-16-13-28(14-17-31)34-44-46-47-45-34/h5-6,9-10,13-18,21,26,29,33,41H,7-8,11-12,19-20,22-23H2,1-4H3,(H,40,48)(H,42,50)(H,43,49)(H,51,52)(H,44,45,46,47)/t26-,29-,33-/m0/s1. The second kappa shape index (κ2) is 17.7. The molecular weight excluding hydrogens is 676 g/mol. The Morgan fingerprint density at radius 1 is 0.925 bits per heavy atom. The molecule has 1 saturated carbocycles. The Balaban J connectivity index is 1.25. The maximum Gasteiger partial charge on any atom is 0.404 e. The summed E-state index contributed by atoms with van der Waals surface area (Å²) in [4.78, 5) is 50.9. The molecule has 0 saturated heterocycles. The number of anilines is 1. The third-order valence-corrected chi connectivity index (χ3v) is 9.26. The minimum Gasteiger partial charge on any atom is -0.465 e. The van der Waals surface area contributed by atoms with Gasteiger partial charge in [0.1, 0.15) is 6.04 Å². The number of benzene rings is 3. The van der Waals surface area contributed by atoms with Crippen LogP contribution in [0.4, 0.5) is 10.5 Å². The smallest absolute Gasteiger partial charge is 0.404 e. The predicted molar refractivity (Wildman–Crippen MR) is 200 cm³/mol. The maximum absolute atomic E-state index is 13.7. The number of carbonyl (C=O) groups is 4. The van der Waals surface area contributed by atoms with Crippen molar-refractivity contribution in [2.75, 3.05) is 25.0 Å². The molecule has 280 valence electrons. The van der Waals surface area contributed by atoms with E-state index in [0.717, 1.165) is 40.7 Å². The molecule has 0 spiro atoms. The number of hydrogen-bond acceptors (Lipinski definition) is 8. The van der Waals surface area contributed by atoms with Crippen LogP contribution in [0.1, 0.15) is 67.9 Å². The number of amides is 4. The fourth-order valence-electron chi connectivity index (χ4n) is 6.38. The van der Waals surface area contributed by atoms with Crippen molar-refractivity contribution in [2.45, 2.75) is 71.4 Å². The molecule has 14 heteroatoms. The SMILES string of the molecule is Cc1cc(C(=O)NCCOC(C)(C)C)ccc1-c1ccc(C[C@H](NC(=O)[C@H]2CC[C@H](CNC(=O)O)CC2)C(=O)Nc2ccc(-c3nn[nH]n3)cc2)cc1. The molecule has 1 fully saturated rings. The minimum absolute atomic E-state index is 0.162. The molecule has 0 aliphatic heterocycles. The number of carboxylic acid groups (broad SMARTS) is 1. The lowest BCUT2D eigenvalue weighted by Crippen LogP contribution is -2.48. The first-order chi connectivity index (χ1) is 25.3. The fraction of sp³-hybridized carbons (Fsp3) is 0.410. The summed E-state index contributed by atoms with van der Waals surface area (Å²) in [7, 11) is 0. The second-order valence-corrected chi connectivity index (χ2v) is 14.4. The van der Waals surface area contributed by atoms with E-state index in [1.807, 2.05) is 64.1 Å². The van der Waals surface area contributed by atoms with Crippen LogP contribution in [0.25, 0.3) is 22.5 Å². The van der Waals surface area contributed by atoms with Crippen LogP contribution >= 0.6 is 0 Å². The van der Waals surface area contributed by atoms with Crippen molar-refractivity contribution in [3.05, 3.63) is 83.4 Å². The molecule has 1 atom stereocenters. The number of nitrogens with zero attached hydrogens (tertiary/aromatic N) is 3. The number of aromatic amines is 1. The molecule has 1 aliphatic carbocycles. The van der Waals surface area contributed by atoms with Gasteiger partial charge in [0.2, 0.25) is 17.6 Å². The van der Waals surface area contributed by atoms with E-state index in [9.17, 15) is 19.2 Å². The Bertz CT molecular complexity index is 1850. The van der Waals surface area contributed by atoms with E-state index in [-0.39, 0.29) is 41.6 Å². The molecule has 1 aliphatic rings. The summed E-state index contributed by atoms with van der Waals surface area (Å²) in [5.41, 5.74) is 5.31. The quantitative estimate of drug-likeness (QED) is 0.0955. The first kappa shape index (κ1) is 38.6. The van der Waals surface area contributed by atoms with E-state index in [0.29, 0.717) is 49.6 Å². The highest BCUT2D eigenvalue weighted by atomic mass is 16.5. The van der Waals surface area contributed by atoms with Crippen molar-refractivity contribution in [3.63, 3.8) is 0 Å². The summed E-state index contributed by atoms with van der Waals surface area (Å²) >= 11 is 0. The van der Waals surface area contributed by atoms with E-state index in [2.05, 4.69) is 41.9 Å². The van der Waals surface area contributed by atoms with Crippen LogP contribution in [0.15, 0.2) is 66.7 Å². The highest BCUT2D eigenvalue weighted by Gasteiger charge is 2.30. The van der Waals surface area contributed by atoms with Crippen molar-refractivity contribution in [3.8, 4) is 22.5 Å². The number of carbonyl (C=O) groups excluding carboxylic acids is 3. The largest absolute Gasteiger partial charge is 0.465 e.